The number of nitrogens with two attached hydrogens (primary N) is 1. The highest BCUT2D eigenvalue weighted by Gasteiger charge is 2.08. The molecule has 0 radical (unpaired) electrons. The molecule has 102 valence electrons. The van der Waals surface area contributed by atoms with Crippen molar-refractivity contribution >= 4 is 11.8 Å². The van der Waals surface area contributed by atoms with Gasteiger partial charge in [0.2, 0.25) is 5.95 Å². The van der Waals surface area contributed by atoms with Crippen molar-refractivity contribution in [3.8, 4) is 0 Å². The fourth-order valence-electron chi connectivity index (χ4n) is 1.44. The predicted molar refractivity (Wildman–Crippen MR) is 70.7 cm³/mol. The summed E-state index contributed by atoms with van der Waals surface area (Å²) in [6.45, 7) is 5.71. The van der Waals surface area contributed by atoms with Gasteiger partial charge >= 0.3 is 0 Å². The zero-order valence-electron chi connectivity index (χ0n) is 11.1. The molecule has 0 aliphatic heterocycles. The summed E-state index contributed by atoms with van der Waals surface area (Å²) in [5.74, 6) is 5.04. The van der Waals surface area contributed by atoms with Crippen molar-refractivity contribution < 1.29 is 4.39 Å². The van der Waals surface area contributed by atoms with Crippen molar-refractivity contribution in [3.63, 3.8) is 0 Å². The van der Waals surface area contributed by atoms with Crippen LogP contribution in [-0.2, 0) is 0 Å². The molecule has 4 N–H and O–H groups in total. The SMILES string of the molecule is CCC(C)N(C)CCNc1nc(NN)ncc1F. The lowest BCUT2D eigenvalue weighted by atomic mass is 10.2. The number of hydrogen-bond acceptors (Lipinski definition) is 6. The Bertz CT molecular complexity index is 373. The molecule has 0 saturated heterocycles. The number of aromatic nitrogens is 2. The lowest BCUT2D eigenvalue weighted by Crippen LogP contribution is -2.33. The molecule has 6 nitrogen and oxygen atoms in total. The number of halogens is 1. The Morgan fingerprint density at radius 1 is 1.56 bits per heavy atom. The van der Waals surface area contributed by atoms with Gasteiger partial charge in [0.25, 0.3) is 0 Å². The standard InChI is InChI=1S/C11H21FN6/c1-4-8(2)18(3)6-5-14-10-9(12)7-15-11(16-10)17-13/h7-8H,4-6,13H2,1-3H3,(H2,14,15,16,17). The monoisotopic (exact) mass is 256 g/mol. The van der Waals surface area contributed by atoms with Crippen LogP contribution in [0.25, 0.3) is 0 Å². The zero-order valence-corrected chi connectivity index (χ0v) is 11.1. The molecule has 0 aromatic carbocycles. The highest BCUT2D eigenvalue weighted by Crippen LogP contribution is 2.10. The number of nitrogens with one attached hydrogen (secondary N) is 2. The minimum atomic E-state index is -0.486. The van der Waals surface area contributed by atoms with Gasteiger partial charge in [-0.2, -0.15) is 4.98 Å². The third-order valence-corrected chi connectivity index (χ3v) is 2.97. The van der Waals surface area contributed by atoms with E-state index in [-0.39, 0.29) is 11.8 Å². The second-order valence-corrected chi connectivity index (χ2v) is 4.20. The Morgan fingerprint density at radius 2 is 2.28 bits per heavy atom. The summed E-state index contributed by atoms with van der Waals surface area (Å²) >= 11 is 0. The van der Waals surface area contributed by atoms with Crippen LogP contribution in [0.2, 0.25) is 0 Å². The molecule has 0 fully saturated rings. The first-order valence-electron chi connectivity index (χ1n) is 6.01. The summed E-state index contributed by atoms with van der Waals surface area (Å²) in [5.41, 5.74) is 2.28. The first kappa shape index (κ1) is 14.6. The van der Waals surface area contributed by atoms with Crippen molar-refractivity contribution in [2.24, 2.45) is 5.84 Å². The molecule has 1 atom stereocenters. The number of rotatable bonds is 7. The molecule has 0 saturated carbocycles. The average molecular weight is 256 g/mol. The number of anilines is 2. The Hall–Kier alpha value is -1.47. The maximum absolute atomic E-state index is 13.4. The molecule has 7 heteroatoms. The second-order valence-electron chi connectivity index (χ2n) is 4.20. The third-order valence-electron chi connectivity index (χ3n) is 2.97. The van der Waals surface area contributed by atoms with E-state index in [1.807, 2.05) is 7.05 Å². The molecule has 0 aliphatic rings. The van der Waals surface area contributed by atoms with E-state index in [0.717, 1.165) is 19.2 Å². The molecule has 1 rings (SSSR count). The van der Waals surface area contributed by atoms with Gasteiger partial charge in [-0.3, -0.25) is 5.43 Å². The van der Waals surface area contributed by atoms with Gasteiger partial charge in [-0.05, 0) is 20.4 Å². The summed E-state index contributed by atoms with van der Waals surface area (Å²) < 4.78 is 13.4. The van der Waals surface area contributed by atoms with E-state index >= 15 is 0 Å². The third kappa shape index (κ3) is 4.08. The lowest BCUT2D eigenvalue weighted by Gasteiger charge is -2.23. The maximum atomic E-state index is 13.4. The highest BCUT2D eigenvalue weighted by atomic mass is 19.1. The predicted octanol–water partition coefficient (Wildman–Crippen LogP) is 1.04. The summed E-state index contributed by atoms with van der Waals surface area (Å²) in [4.78, 5) is 9.77. The van der Waals surface area contributed by atoms with E-state index in [9.17, 15) is 4.39 Å². The second kappa shape index (κ2) is 7.07. The quantitative estimate of drug-likeness (QED) is 0.500. The Labute approximate surface area is 107 Å². The first-order valence-corrected chi connectivity index (χ1v) is 6.01. The van der Waals surface area contributed by atoms with E-state index in [4.69, 9.17) is 5.84 Å². The number of hydrogen-bond donors (Lipinski definition) is 3. The maximum Gasteiger partial charge on any atom is 0.239 e. The van der Waals surface area contributed by atoms with E-state index in [1.54, 1.807) is 0 Å². The van der Waals surface area contributed by atoms with Crippen LogP contribution in [0.3, 0.4) is 0 Å². The average Bonchev–Trinajstić information content (AvgIpc) is 2.39. The Balaban J connectivity index is 2.48. The molecule has 1 unspecified atom stereocenters. The van der Waals surface area contributed by atoms with Crippen LogP contribution >= 0.6 is 0 Å². The van der Waals surface area contributed by atoms with Gasteiger partial charge in [0.05, 0.1) is 6.20 Å². The van der Waals surface area contributed by atoms with E-state index in [2.05, 4.69) is 39.5 Å². The normalized spacial score (nSPS) is 12.6. The molecule has 1 aromatic rings. The number of nitrogen functional groups attached to an aromatic ring is 1. The zero-order chi connectivity index (χ0) is 13.5. The molecule has 0 amide bonds. The molecule has 0 spiro atoms. The van der Waals surface area contributed by atoms with Crippen LogP contribution in [0.4, 0.5) is 16.2 Å². The molecular weight excluding hydrogens is 235 g/mol. The number of likely N-dealkylation sites (N-methyl/N-ethyl adjacent to an activating group) is 1. The molecule has 0 aliphatic carbocycles. The van der Waals surface area contributed by atoms with Gasteiger partial charge in [-0.1, -0.05) is 6.92 Å². The van der Waals surface area contributed by atoms with Gasteiger partial charge in [-0.15, -0.1) is 0 Å². The van der Waals surface area contributed by atoms with Crippen LogP contribution in [-0.4, -0.2) is 41.0 Å². The summed E-state index contributed by atoms with van der Waals surface area (Å²) in [6, 6.07) is 0.503. The van der Waals surface area contributed by atoms with Crippen LogP contribution in [0.15, 0.2) is 6.20 Å². The molecule has 1 aromatic heterocycles. The van der Waals surface area contributed by atoms with E-state index in [0.29, 0.717) is 12.6 Å². The molecule has 1 heterocycles. The fraction of sp³-hybridized carbons (Fsp3) is 0.636. The van der Waals surface area contributed by atoms with Gasteiger partial charge in [-0.25, -0.2) is 15.2 Å². The van der Waals surface area contributed by atoms with Crippen LogP contribution in [0.1, 0.15) is 20.3 Å². The largest absolute Gasteiger partial charge is 0.366 e. The molecule has 0 bridgehead atoms. The minimum Gasteiger partial charge on any atom is -0.366 e. The number of hydrazine groups is 1. The van der Waals surface area contributed by atoms with Crippen molar-refractivity contribution in [3.05, 3.63) is 12.0 Å². The van der Waals surface area contributed by atoms with Crippen molar-refractivity contribution in [2.75, 3.05) is 30.9 Å². The topological polar surface area (TPSA) is 79.1 Å². The highest BCUT2D eigenvalue weighted by molar-refractivity contribution is 5.40. The minimum absolute atomic E-state index is 0.163. The van der Waals surface area contributed by atoms with Gasteiger partial charge in [0, 0.05) is 19.1 Å². The lowest BCUT2D eigenvalue weighted by molar-refractivity contribution is 0.261. The van der Waals surface area contributed by atoms with Crippen molar-refractivity contribution in [1.29, 1.82) is 0 Å². The molecule has 18 heavy (non-hydrogen) atoms. The van der Waals surface area contributed by atoms with Crippen LogP contribution in [0.5, 0.6) is 0 Å². The van der Waals surface area contributed by atoms with Gasteiger partial charge in [0.15, 0.2) is 11.6 Å². The Kier molecular flexibility index (Phi) is 5.73. The fourth-order valence-corrected chi connectivity index (χ4v) is 1.44. The number of nitrogens with zero attached hydrogens (tertiary/aromatic N) is 3. The molecular formula is C11H21FN6. The first-order chi connectivity index (χ1) is 8.58. The van der Waals surface area contributed by atoms with Crippen molar-refractivity contribution in [1.82, 2.24) is 14.9 Å². The summed E-state index contributed by atoms with van der Waals surface area (Å²) in [5, 5.41) is 2.93. The van der Waals surface area contributed by atoms with Crippen LogP contribution < -0.4 is 16.6 Å². The van der Waals surface area contributed by atoms with Crippen molar-refractivity contribution in [2.45, 2.75) is 26.3 Å². The van der Waals surface area contributed by atoms with Gasteiger partial charge in [0.1, 0.15) is 0 Å². The van der Waals surface area contributed by atoms with E-state index in [1.165, 1.54) is 0 Å². The van der Waals surface area contributed by atoms with Gasteiger partial charge < -0.3 is 10.2 Å². The summed E-state index contributed by atoms with van der Waals surface area (Å²) in [6.07, 6.45) is 2.17. The van der Waals surface area contributed by atoms with E-state index < -0.39 is 5.82 Å². The summed E-state index contributed by atoms with van der Waals surface area (Å²) in [7, 11) is 2.04. The Morgan fingerprint density at radius 3 is 2.89 bits per heavy atom. The smallest absolute Gasteiger partial charge is 0.239 e. The van der Waals surface area contributed by atoms with Crippen LogP contribution in [0, 0.1) is 5.82 Å².